The molecule has 24 heavy (non-hydrogen) atoms. The molecule has 1 aliphatic heterocycles. The van der Waals surface area contributed by atoms with Gasteiger partial charge in [-0.25, -0.2) is 9.38 Å². The third kappa shape index (κ3) is 3.75. The molecular formula is C18H20ClFN2O2. The lowest BCUT2D eigenvalue weighted by atomic mass is 9.97. The number of aliphatic hydroxyl groups is 1. The first-order valence-corrected chi connectivity index (χ1v) is 8.08. The highest BCUT2D eigenvalue weighted by Gasteiger charge is 2.29. The van der Waals surface area contributed by atoms with Crippen LogP contribution in [0.1, 0.15) is 31.0 Å². The van der Waals surface area contributed by atoms with Crippen molar-refractivity contribution in [2.45, 2.75) is 26.1 Å². The topological polar surface area (TPSA) is 53.8 Å². The summed E-state index contributed by atoms with van der Waals surface area (Å²) in [5.74, 6) is -0.263. The summed E-state index contributed by atoms with van der Waals surface area (Å²) in [5, 5.41) is 13.6. The van der Waals surface area contributed by atoms with Crippen LogP contribution in [-0.2, 0) is 4.74 Å². The van der Waals surface area contributed by atoms with Crippen molar-refractivity contribution in [2.24, 2.45) is 4.99 Å². The van der Waals surface area contributed by atoms with E-state index in [1.54, 1.807) is 36.4 Å². The highest BCUT2D eigenvalue weighted by atomic mass is 35.5. The van der Waals surface area contributed by atoms with Gasteiger partial charge in [0.1, 0.15) is 5.82 Å². The highest BCUT2D eigenvalue weighted by Crippen LogP contribution is 2.35. The number of benzene rings is 2. The number of hydrogen-bond acceptors (Lipinski definition) is 4. The molecule has 2 aromatic rings. The van der Waals surface area contributed by atoms with Crippen molar-refractivity contribution in [3.8, 4) is 0 Å². The van der Waals surface area contributed by atoms with Crippen LogP contribution < -0.4 is 5.32 Å². The zero-order chi connectivity index (χ0) is 17.7. The van der Waals surface area contributed by atoms with Gasteiger partial charge in [-0.2, -0.15) is 0 Å². The van der Waals surface area contributed by atoms with Gasteiger partial charge in [0.2, 0.25) is 5.90 Å². The van der Waals surface area contributed by atoms with Gasteiger partial charge in [-0.3, -0.25) is 5.32 Å². The molecule has 0 bridgehead atoms. The van der Waals surface area contributed by atoms with Crippen LogP contribution in [0.15, 0.2) is 47.5 Å². The lowest BCUT2D eigenvalue weighted by molar-refractivity contribution is 0.162. The number of hydrogen-bond donors (Lipinski definition) is 2. The molecule has 2 atom stereocenters. The number of methoxy groups -OCH3 is 1. The smallest absolute Gasteiger partial charge is 0.233 e. The van der Waals surface area contributed by atoms with Gasteiger partial charge in [-0.15, -0.1) is 0 Å². The van der Waals surface area contributed by atoms with Gasteiger partial charge in [0, 0.05) is 16.1 Å². The maximum atomic E-state index is 14.2. The van der Waals surface area contributed by atoms with E-state index in [0.717, 1.165) is 0 Å². The molecule has 0 radical (unpaired) electrons. The van der Waals surface area contributed by atoms with Crippen molar-refractivity contribution >= 4 is 23.2 Å². The van der Waals surface area contributed by atoms with Crippen molar-refractivity contribution < 1.29 is 14.2 Å². The van der Waals surface area contributed by atoms with E-state index in [1.165, 1.54) is 13.2 Å². The fourth-order valence-corrected chi connectivity index (χ4v) is 2.66. The first-order chi connectivity index (χ1) is 11.6. The molecular weight excluding hydrogens is 331 g/mol. The molecule has 0 fully saturated rings. The molecule has 0 amide bonds. The summed E-state index contributed by atoms with van der Waals surface area (Å²) in [4.78, 5) is 4.29. The number of aliphatic hydroxyl groups excluding tert-OH is 1. The standard InChI is InChI=1S/C16H14ClFN2O2.C2H6/c1-22-16-15(21)20-14(10-4-2-3-5-12(10)18)11-8-9(17)6-7-13(11)19-16;1-2/h2-8,14-15,20-21H,1H3;1-2H3. The Morgan fingerprint density at radius 3 is 2.54 bits per heavy atom. The predicted molar refractivity (Wildman–Crippen MR) is 94.3 cm³/mol. The summed E-state index contributed by atoms with van der Waals surface area (Å²) < 4.78 is 19.3. The van der Waals surface area contributed by atoms with Crippen molar-refractivity contribution in [1.29, 1.82) is 0 Å². The van der Waals surface area contributed by atoms with Gasteiger partial charge in [-0.1, -0.05) is 43.6 Å². The van der Waals surface area contributed by atoms with Gasteiger partial charge in [-0.05, 0) is 24.3 Å². The average Bonchev–Trinajstić information content (AvgIpc) is 2.74. The molecule has 2 unspecified atom stereocenters. The van der Waals surface area contributed by atoms with Crippen molar-refractivity contribution in [1.82, 2.24) is 5.32 Å². The molecule has 6 heteroatoms. The van der Waals surface area contributed by atoms with Crippen LogP contribution in [0.3, 0.4) is 0 Å². The Morgan fingerprint density at radius 2 is 1.88 bits per heavy atom. The molecule has 3 rings (SSSR count). The maximum Gasteiger partial charge on any atom is 0.233 e. The third-order valence-electron chi connectivity index (χ3n) is 3.52. The minimum atomic E-state index is -1.15. The van der Waals surface area contributed by atoms with Crippen LogP contribution >= 0.6 is 11.6 Å². The van der Waals surface area contributed by atoms with Crippen molar-refractivity contribution in [3.05, 3.63) is 64.4 Å². The lowest BCUT2D eigenvalue weighted by Crippen LogP contribution is -2.39. The molecule has 0 aliphatic carbocycles. The van der Waals surface area contributed by atoms with Crippen LogP contribution in [0, 0.1) is 5.82 Å². The van der Waals surface area contributed by atoms with E-state index in [2.05, 4.69) is 10.3 Å². The van der Waals surface area contributed by atoms with Gasteiger partial charge >= 0.3 is 0 Å². The number of rotatable bonds is 1. The van der Waals surface area contributed by atoms with Crippen LogP contribution in [0.5, 0.6) is 0 Å². The summed E-state index contributed by atoms with van der Waals surface area (Å²) in [5.41, 5.74) is 1.64. The van der Waals surface area contributed by atoms with E-state index >= 15 is 0 Å². The number of halogens is 2. The molecule has 0 aromatic heterocycles. The van der Waals surface area contributed by atoms with Gasteiger partial charge in [0.15, 0.2) is 6.23 Å². The van der Waals surface area contributed by atoms with Gasteiger partial charge in [0.05, 0.1) is 18.8 Å². The SMILES string of the molecule is CC.COC1=Nc2ccc(Cl)cc2C(c2ccccc2F)NC1O. The normalized spacial score (nSPS) is 19.3. The van der Waals surface area contributed by atoms with E-state index in [4.69, 9.17) is 16.3 Å². The Balaban J connectivity index is 0.00000100. The minimum absolute atomic E-state index is 0.113. The molecule has 1 heterocycles. The Morgan fingerprint density at radius 1 is 1.17 bits per heavy atom. The number of fused-ring (bicyclic) bond motifs is 1. The Hall–Kier alpha value is -1.95. The molecule has 0 saturated heterocycles. The summed E-state index contributed by atoms with van der Waals surface area (Å²) >= 11 is 6.07. The zero-order valence-corrected chi connectivity index (χ0v) is 14.5. The van der Waals surface area contributed by atoms with Crippen LogP contribution in [-0.4, -0.2) is 24.3 Å². The van der Waals surface area contributed by atoms with Crippen LogP contribution in [0.4, 0.5) is 10.1 Å². The minimum Gasteiger partial charge on any atom is -0.481 e. The summed E-state index contributed by atoms with van der Waals surface area (Å²) in [7, 11) is 1.42. The van der Waals surface area contributed by atoms with Crippen molar-refractivity contribution in [2.75, 3.05) is 7.11 Å². The Labute approximate surface area is 145 Å². The second-order valence-electron chi connectivity index (χ2n) is 4.88. The van der Waals surface area contributed by atoms with Gasteiger partial charge in [0.25, 0.3) is 0 Å². The lowest BCUT2D eigenvalue weighted by Gasteiger charge is -2.22. The molecule has 128 valence electrons. The molecule has 4 nitrogen and oxygen atoms in total. The second-order valence-corrected chi connectivity index (χ2v) is 5.32. The van der Waals surface area contributed by atoms with Crippen LogP contribution in [0.25, 0.3) is 0 Å². The number of aliphatic imine (C=N–C) groups is 1. The molecule has 2 N–H and O–H groups in total. The maximum absolute atomic E-state index is 14.2. The van der Waals surface area contributed by atoms with E-state index < -0.39 is 12.3 Å². The first-order valence-electron chi connectivity index (χ1n) is 7.70. The summed E-state index contributed by atoms with van der Waals surface area (Å²) in [6.45, 7) is 4.00. The zero-order valence-electron chi connectivity index (χ0n) is 13.8. The number of nitrogens with one attached hydrogen (secondary N) is 1. The molecule has 1 aliphatic rings. The Bertz CT molecular complexity index is 737. The fraction of sp³-hybridized carbons (Fsp3) is 0.278. The molecule has 0 saturated carbocycles. The fourth-order valence-electron chi connectivity index (χ4n) is 2.48. The quantitative estimate of drug-likeness (QED) is 0.810. The number of ether oxygens (including phenoxy) is 1. The molecule has 2 aromatic carbocycles. The second kappa shape index (κ2) is 8.24. The van der Waals surface area contributed by atoms with E-state index in [9.17, 15) is 9.50 Å². The summed E-state index contributed by atoms with van der Waals surface area (Å²) in [6.07, 6.45) is -1.15. The average molecular weight is 351 g/mol. The van der Waals surface area contributed by atoms with Gasteiger partial charge < -0.3 is 9.84 Å². The number of nitrogens with zero attached hydrogens (tertiary/aromatic N) is 1. The largest absolute Gasteiger partial charge is 0.481 e. The molecule has 0 spiro atoms. The highest BCUT2D eigenvalue weighted by molar-refractivity contribution is 6.30. The van der Waals surface area contributed by atoms with E-state index in [-0.39, 0.29) is 11.7 Å². The first kappa shape index (κ1) is 18.4. The monoisotopic (exact) mass is 350 g/mol. The van der Waals surface area contributed by atoms with Crippen molar-refractivity contribution in [3.63, 3.8) is 0 Å². The predicted octanol–water partition coefficient (Wildman–Crippen LogP) is 4.19. The summed E-state index contributed by atoms with van der Waals surface area (Å²) in [6, 6.07) is 10.9. The third-order valence-corrected chi connectivity index (χ3v) is 3.75. The Kier molecular flexibility index (Phi) is 6.31. The van der Waals surface area contributed by atoms with E-state index in [0.29, 0.717) is 21.8 Å². The van der Waals surface area contributed by atoms with E-state index in [1.807, 2.05) is 13.8 Å². The van der Waals surface area contributed by atoms with Crippen LogP contribution in [0.2, 0.25) is 5.02 Å².